The Morgan fingerprint density at radius 1 is 1.00 bits per heavy atom. The minimum Gasteiger partial charge on any atom is -0.497 e. The van der Waals surface area contributed by atoms with Gasteiger partial charge in [-0.3, -0.25) is 14.9 Å². The van der Waals surface area contributed by atoms with Gasteiger partial charge >= 0.3 is 0 Å². The van der Waals surface area contributed by atoms with Gasteiger partial charge in [-0.1, -0.05) is 30.3 Å². The number of rotatable bonds is 6. The third-order valence-corrected chi connectivity index (χ3v) is 6.71. The molecule has 158 valence electrons. The average Bonchev–Trinajstić information content (AvgIpc) is 2.81. The monoisotopic (exact) mass is 434 g/mol. The maximum Gasteiger partial charge on any atom is 0.269 e. The largest absolute Gasteiger partial charge is 0.497 e. The predicted octanol–water partition coefficient (Wildman–Crippen LogP) is 5.63. The second-order valence-electron chi connectivity index (χ2n) is 7.26. The van der Waals surface area contributed by atoms with Gasteiger partial charge in [0.1, 0.15) is 5.75 Å². The maximum absolute atomic E-state index is 13.1. The second-order valence-corrected chi connectivity index (χ2v) is 8.58. The molecule has 4 rings (SSSR count). The lowest BCUT2D eigenvalue weighted by Crippen LogP contribution is -2.44. The number of anilines is 1. The number of non-ortho nitro benzene ring substituents is 1. The Morgan fingerprint density at radius 3 is 2.29 bits per heavy atom. The number of nitro benzene ring substituents is 1. The summed E-state index contributed by atoms with van der Waals surface area (Å²) in [5, 5.41) is 11.1. The molecule has 0 unspecified atom stereocenters. The van der Waals surface area contributed by atoms with Gasteiger partial charge < -0.3 is 9.64 Å². The van der Waals surface area contributed by atoms with Gasteiger partial charge in [-0.05, 0) is 48.4 Å². The summed E-state index contributed by atoms with van der Waals surface area (Å²) in [7, 11) is 1.62. The summed E-state index contributed by atoms with van der Waals surface area (Å²) in [6.07, 6.45) is 1.17. The number of hydrogen-bond donors (Lipinski definition) is 0. The molecule has 0 bridgehead atoms. The van der Waals surface area contributed by atoms with Crippen LogP contribution in [0.2, 0.25) is 0 Å². The molecule has 2 atom stereocenters. The number of benzene rings is 3. The Kier molecular flexibility index (Phi) is 6.23. The van der Waals surface area contributed by atoms with Crippen LogP contribution in [0.15, 0.2) is 83.8 Å². The van der Waals surface area contributed by atoms with Crippen molar-refractivity contribution in [1.82, 2.24) is 0 Å². The molecule has 31 heavy (non-hydrogen) atoms. The van der Waals surface area contributed by atoms with E-state index in [1.54, 1.807) is 31.0 Å². The number of piperidine rings is 1. The summed E-state index contributed by atoms with van der Waals surface area (Å²) in [5.74, 6) is 0.820. The summed E-state index contributed by atoms with van der Waals surface area (Å²) in [5.41, 5.74) is 1.96. The Morgan fingerprint density at radius 2 is 1.68 bits per heavy atom. The number of nitrogens with zero attached hydrogens (tertiary/aromatic N) is 2. The number of ether oxygens (including phenoxy) is 1. The van der Waals surface area contributed by atoms with E-state index in [4.69, 9.17) is 4.74 Å². The van der Waals surface area contributed by atoms with Gasteiger partial charge in [0, 0.05) is 34.4 Å². The molecule has 0 aliphatic carbocycles. The van der Waals surface area contributed by atoms with Crippen molar-refractivity contribution in [3.8, 4) is 5.75 Å². The highest BCUT2D eigenvalue weighted by Gasteiger charge is 2.38. The predicted molar refractivity (Wildman–Crippen MR) is 122 cm³/mol. The Labute approximate surface area is 185 Å². The van der Waals surface area contributed by atoms with Crippen LogP contribution in [0.4, 0.5) is 11.4 Å². The number of nitro groups is 1. The summed E-state index contributed by atoms with van der Waals surface area (Å²) in [6, 6.07) is 24.0. The quantitative estimate of drug-likeness (QED) is 0.371. The van der Waals surface area contributed by atoms with E-state index in [0.717, 1.165) is 28.3 Å². The van der Waals surface area contributed by atoms with Crippen molar-refractivity contribution < 1.29 is 14.5 Å². The molecule has 1 amide bonds. The van der Waals surface area contributed by atoms with E-state index in [2.05, 4.69) is 0 Å². The highest BCUT2D eigenvalue weighted by molar-refractivity contribution is 8.00. The van der Waals surface area contributed by atoms with Crippen LogP contribution in [-0.4, -0.2) is 23.2 Å². The SMILES string of the molecule is COc1ccc(N2C(=O)CC[C@@H](Sc3ccc([N+](=O)[O-])cc3)[C@H]2c2ccccc2)cc1. The fourth-order valence-electron chi connectivity index (χ4n) is 3.87. The van der Waals surface area contributed by atoms with Gasteiger partial charge in [-0.15, -0.1) is 11.8 Å². The first kappa shape index (κ1) is 20.9. The van der Waals surface area contributed by atoms with Crippen LogP contribution >= 0.6 is 11.8 Å². The zero-order chi connectivity index (χ0) is 21.8. The van der Waals surface area contributed by atoms with Crippen molar-refractivity contribution in [1.29, 1.82) is 0 Å². The molecule has 1 saturated heterocycles. The van der Waals surface area contributed by atoms with Crippen molar-refractivity contribution in [2.45, 2.75) is 29.0 Å². The van der Waals surface area contributed by atoms with Gasteiger partial charge in [0.05, 0.1) is 18.1 Å². The molecule has 0 N–H and O–H groups in total. The third kappa shape index (κ3) is 4.56. The fraction of sp³-hybridized carbons (Fsp3) is 0.208. The lowest BCUT2D eigenvalue weighted by atomic mass is 9.93. The zero-order valence-corrected chi connectivity index (χ0v) is 17.8. The first-order valence-electron chi connectivity index (χ1n) is 9.99. The number of carbonyl (C=O) groups is 1. The number of methoxy groups -OCH3 is 1. The molecule has 6 nitrogen and oxygen atoms in total. The average molecular weight is 435 g/mol. The highest BCUT2D eigenvalue weighted by Crippen LogP contribution is 2.44. The van der Waals surface area contributed by atoms with E-state index in [-0.39, 0.29) is 22.9 Å². The van der Waals surface area contributed by atoms with Gasteiger partial charge in [-0.2, -0.15) is 0 Å². The minimum absolute atomic E-state index is 0.0719. The molecule has 7 heteroatoms. The van der Waals surface area contributed by atoms with Crippen LogP contribution in [0.1, 0.15) is 24.4 Å². The molecule has 0 aromatic heterocycles. The van der Waals surface area contributed by atoms with E-state index in [1.165, 1.54) is 12.1 Å². The number of amides is 1. The molecule has 1 fully saturated rings. The molecule has 3 aromatic rings. The van der Waals surface area contributed by atoms with Crippen LogP contribution < -0.4 is 9.64 Å². The molecule has 0 radical (unpaired) electrons. The minimum atomic E-state index is -0.397. The molecule has 3 aromatic carbocycles. The fourth-order valence-corrected chi connectivity index (χ4v) is 5.16. The molecular weight excluding hydrogens is 412 g/mol. The van der Waals surface area contributed by atoms with Crippen LogP contribution in [-0.2, 0) is 4.79 Å². The van der Waals surface area contributed by atoms with E-state index >= 15 is 0 Å². The van der Waals surface area contributed by atoms with Gasteiger partial charge in [0.2, 0.25) is 5.91 Å². The van der Waals surface area contributed by atoms with Crippen molar-refractivity contribution >= 4 is 29.0 Å². The third-order valence-electron chi connectivity index (χ3n) is 5.37. The van der Waals surface area contributed by atoms with E-state index in [9.17, 15) is 14.9 Å². The lowest BCUT2D eigenvalue weighted by Gasteiger charge is -2.41. The molecule has 1 aliphatic heterocycles. The first-order valence-corrected chi connectivity index (χ1v) is 10.9. The first-order chi connectivity index (χ1) is 15.1. The number of thioether (sulfide) groups is 1. The van der Waals surface area contributed by atoms with E-state index < -0.39 is 4.92 Å². The standard InChI is InChI=1S/C24H22N2O4S/c1-30-20-11-7-18(8-12-20)25-23(27)16-15-22(24(25)17-5-3-2-4-6-17)31-21-13-9-19(10-14-21)26(28)29/h2-14,22,24H,15-16H2,1H3/t22-,24-/m1/s1. The Hall–Kier alpha value is -3.32. The second kappa shape index (κ2) is 9.22. The molecular formula is C24H22N2O4S. The summed E-state index contributed by atoms with van der Waals surface area (Å²) in [4.78, 5) is 26.5. The lowest BCUT2D eigenvalue weighted by molar-refractivity contribution is -0.384. The zero-order valence-electron chi connectivity index (χ0n) is 17.0. The smallest absolute Gasteiger partial charge is 0.269 e. The Bertz CT molecular complexity index is 1060. The van der Waals surface area contributed by atoms with Gasteiger partial charge in [0.15, 0.2) is 0 Å². The summed E-state index contributed by atoms with van der Waals surface area (Å²) < 4.78 is 5.27. The number of hydrogen-bond acceptors (Lipinski definition) is 5. The van der Waals surface area contributed by atoms with Crippen molar-refractivity contribution in [3.63, 3.8) is 0 Å². The van der Waals surface area contributed by atoms with Gasteiger partial charge in [0.25, 0.3) is 5.69 Å². The van der Waals surface area contributed by atoms with E-state index in [1.807, 2.05) is 59.5 Å². The van der Waals surface area contributed by atoms with Crippen LogP contribution in [0.25, 0.3) is 0 Å². The molecule has 0 saturated carbocycles. The summed E-state index contributed by atoms with van der Waals surface area (Å²) in [6.45, 7) is 0. The maximum atomic E-state index is 13.1. The van der Waals surface area contributed by atoms with Crippen LogP contribution in [0.3, 0.4) is 0 Å². The van der Waals surface area contributed by atoms with Crippen molar-refractivity contribution in [3.05, 3.63) is 94.5 Å². The van der Waals surface area contributed by atoms with Gasteiger partial charge in [-0.25, -0.2) is 0 Å². The summed E-state index contributed by atoms with van der Waals surface area (Å²) >= 11 is 1.65. The topological polar surface area (TPSA) is 72.7 Å². The van der Waals surface area contributed by atoms with E-state index in [0.29, 0.717) is 6.42 Å². The van der Waals surface area contributed by atoms with Crippen molar-refractivity contribution in [2.75, 3.05) is 12.0 Å². The molecule has 1 heterocycles. The molecule has 1 aliphatic rings. The van der Waals surface area contributed by atoms with Crippen LogP contribution in [0.5, 0.6) is 5.75 Å². The number of carbonyl (C=O) groups excluding carboxylic acids is 1. The molecule has 0 spiro atoms. The Balaban J connectivity index is 1.69. The normalized spacial score (nSPS) is 18.6. The van der Waals surface area contributed by atoms with Crippen molar-refractivity contribution in [2.24, 2.45) is 0 Å². The highest BCUT2D eigenvalue weighted by atomic mass is 32.2. The van der Waals surface area contributed by atoms with Crippen LogP contribution in [0, 0.1) is 10.1 Å².